The summed E-state index contributed by atoms with van der Waals surface area (Å²) in [6.07, 6.45) is 10.4. The third kappa shape index (κ3) is 4.33. The van der Waals surface area contributed by atoms with Crippen LogP contribution in [0.2, 0.25) is 0 Å². The van der Waals surface area contributed by atoms with Gasteiger partial charge in [-0.05, 0) is 123 Å². The van der Waals surface area contributed by atoms with E-state index in [1.807, 2.05) is 6.20 Å². The van der Waals surface area contributed by atoms with Crippen LogP contribution in [-0.2, 0) is 0 Å². The van der Waals surface area contributed by atoms with Crippen LogP contribution in [0.15, 0.2) is 68.1 Å². The van der Waals surface area contributed by atoms with E-state index in [4.69, 9.17) is 9.98 Å². The maximum atomic E-state index is 5.14. The van der Waals surface area contributed by atoms with Crippen LogP contribution in [0.5, 0.6) is 0 Å². The highest BCUT2D eigenvalue weighted by Gasteiger charge is 2.23. The van der Waals surface area contributed by atoms with Gasteiger partial charge in [0.2, 0.25) is 0 Å². The Kier molecular flexibility index (Phi) is 6.40. The van der Waals surface area contributed by atoms with E-state index < -0.39 is 0 Å². The first-order valence-corrected chi connectivity index (χ1v) is 13.2. The molecule has 3 aliphatic rings. The number of nitrogens with zero attached hydrogens (tertiary/aromatic N) is 2. The topological polar surface area (TPSA) is 64.6 Å². The Balaban J connectivity index is 1.78. The van der Waals surface area contributed by atoms with Crippen LogP contribution in [0.4, 0.5) is 11.4 Å². The van der Waals surface area contributed by atoms with Crippen molar-refractivity contribution in [1.82, 2.24) is 4.98 Å². The summed E-state index contributed by atoms with van der Waals surface area (Å²) in [7, 11) is 0. The smallest absolute Gasteiger partial charge is 0.0829 e. The lowest BCUT2D eigenvalue weighted by Crippen LogP contribution is -2.15. The molecule has 5 heteroatoms. The van der Waals surface area contributed by atoms with Gasteiger partial charge in [0.25, 0.3) is 0 Å². The van der Waals surface area contributed by atoms with Crippen LogP contribution in [0, 0.1) is 27.7 Å². The number of fused-ring (bicyclic) bond motifs is 5. The van der Waals surface area contributed by atoms with Gasteiger partial charge in [-0.25, -0.2) is 9.98 Å². The molecule has 5 rings (SSSR count). The summed E-state index contributed by atoms with van der Waals surface area (Å²) in [5.41, 5.74) is 16.0. The zero-order valence-electron chi connectivity index (χ0n) is 23.3. The zero-order chi connectivity index (χ0) is 26.4. The van der Waals surface area contributed by atoms with E-state index in [0.717, 1.165) is 57.7 Å². The summed E-state index contributed by atoms with van der Waals surface area (Å²) < 4.78 is 0. The van der Waals surface area contributed by atoms with E-state index in [9.17, 15) is 0 Å². The molecule has 0 unspecified atom stereocenters. The lowest BCUT2D eigenvalue weighted by Gasteiger charge is -2.13. The Morgan fingerprint density at radius 2 is 1.22 bits per heavy atom. The molecule has 0 atom stereocenters. The summed E-state index contributed by atoms with van der Waals surface area (Å²) in [4.78, 5) is 13.8. The number of aromatic amines is 1. The molecule has 5 nitrogen and oxygen atoms in total. The summed E-state index contributed by atoms with van der Waals surface area (Å²) in [6, 6.07) is 4.38. The van der Waals surface area contributed by atoms with Crippen molar-refractivity contribution in [1.29, 1.82) is 0 Å². The number of rotatable bonds is 2. The molecule has 0 aliphatic carbocycles. The molecule has 3 N–H and O–H groups in total. The van der Waals surface area contributed by atoms with Crippen LogP contribution < -0.4 is 21.3 Å². The Bertz CT molecular complexity index is 1630. The van der Waals surface area contributed by atoms with Crippen LogP contribution in [0.3, 0.4) is 0 Å². The summed E-state index contributed by atoms with van der Waals surface area (Å²) in [5, 5.41) is 9.27. The number of aliphatic imine (C=N–C) groups is 2. The van der Waals surface area contributed by atoms with Gasteiger partial charge < -0.3 is 15.6 Å². The predicted molar refractivity (Wildman–Crippen MR) is 159 cm³/mol. The SMILES string of the molecule is CCC1=C(CC)C2=NC1=CC1=NC(=CNc3cc(C)c(C)cc3NC=c3[nH]c(c(C)c3C)=C2)C(C)=C1C. The highest BCUT2D eigenvalue weighted by molar-refractivity contribution is 6.24. The molecule has 0 spiro atoms. The molecule has 0 radical (unpaired) electrons. The van der Waals surface area contributed by atoms with Gasteiger partial charge in [-0.3, -0.25) is 0 Å². The van der Waals surface area contributed by atoms with Crippen molar-refractivity contribution in [2.75, 3.05) is 10.6 Å². The van der Waals surface area contributed by atoms with Gasteiger partial charge in [-0.2, -0.15) is 0 Å². The molecule has 1 aromatic heterocycles. The fourth-order valence-corrected chi connectivity index (χ4v) is 5.21. The Morgan fingerprint density at radius 3 is 1.86 bits per heavy atom. The second-order valence-electron chi connectivity index (χ2n) is 10.2. The average Bonchev–Trinajstić information content (AvgIpc) is 3.45. The van der Waals surface area contributed by atoms with Crippen LogP contribution in [0.25, 0.3) is 12.3 Å². The molecule has 4 heterocycles. The second-order valence-corrected chi connectivity index (χ2v) is 10.2. The van der Waals surface area contributed by atoms with Gasteiger partial charge in [0.15, 0.2) is 0 Å². The Labute approximate surface area is 219 Å². The molecule has 190 valence electrons. The molecule has 37 heavy (non-hydrogen) atoms. The molecule has 0 saturated carbocycles. The van der Waals surface area contributed by atoms with Crippen LogP contribution in [-0.4, -0.2) is 16.4 Å². The van der Waals surface area contributed by atoms with E-state index in [2.05, 4.69) is 101 Å². The summed E-state index contributed by atoms with van der Waals surface area (Å²) in [6.45, 7) is 17.4. The van der Waals surface area contributed by atoms with E-state index in [-0.39, 0.29) is 0 Å². The van der Waals surface area contributed by atoms with E-state index >= 15 is 0 Å². The number of aromatic nitrogens is 1. The van der Waals surface area contributed by atoms with Gasteiger partial charge >= 0.3 is 0 Å². The molecule has 6 bridgehead atoms. The summed E-state index contributed by atoms with van der Waals surface area (Å²) in [5.74, 6) is 0. The largest absolute Gasteiger partial charge is 0.358 e. The highest BCUT2D eigenvalue weighted by Crippen LogP contribution is 2.34. The normalized spacial score (nSPS) is 17.1. The Hall–Kier alpha value is -3.86. The van der Waals surface area contributed by atoms with Crippen molar-refractivity contribution < 1.29 is 0 Å². The van der Waals surface area contributed by atoms with Crippen LogP contribution in [0.1, 0.15) is 62.8 Å². The van der Waals surface area contributed by atoms with Crippen molar-refractivity contribution in [2.45, 2.75) is 68.2 Å². The second kappa shape index (κ2) is 9.55. The first-order valence-electron chi connectivity index (χ1n) is 13.2. The minimum absolute atomic E-state index is 0.941. The van der Waals surface area contributed by atoms with Crippen molar-refractivity contribution >= 4 is 35.1 Å². The molecule has 0 saturated heterocycles. The molecular formula is C32H37N5. The average molecular weight is 492 g/mol. The predicted octanol–water partition coefficient (Wildman–Crippen LogP) is 6.39. The van der Waals surface area contributed by atoms with E-state index in [0.29, 0.717) is 0 Å². The summed E-state index contributed by atoms with van der Waals surface area (Å²) >= 11 is 0. The van der Waals surface area contributed by atoms with Gasteiger partial charge in [0, 0.05) is 17.7 Å². The fourth-order valence-electron chi connectivity index (χ4n) is 5.21. The maximum Gasteiger partial charge on any atom is 0.0829 e. The number of allylic oxidation sites excluding steroid dienone is 5. The molecule has 0 fully saturated rings. The van der Waals surface area contributed by atoms with Crippen molar-refractivity contribution in [3.05, 3.63) is 91.0 Å². The minimum Gasteiger partial charge on any atom is -0.358 e. The number of aryl methyl sites for hydroxylation is 2. The first-order chi connectivity index (χ1) is 17.7. The monoisotopic (exact) mass is 491 g/mol. The molecule has 0 amide bonds. The van der Waals surface area contributed by atoms with Gasteiger partial charge in [-0.15, -0.1) is 0 Å². The number of H-pyrrole nitrogens is 1. The first kappa shape index (κ1) is 24.8. The van der Waals surface area contributed by atoms with Crippen molar-refractivity contribution in [2.24, 2.45) is 9.98 Å². The number of benzene rings is 1. The van der Waals surface area contributed by atoms with Gasteiger partial charge in [0.1, 0.15) is 0 Å². The number of nitrogens with one attached hydrogen (secondary N) is 3. The Morgan fingerprint density at radius 1 is 0.622 bits per heavy atom. The molecular weight excluding hydrogens is 454 g/mol. The minimum atomic E-state index is 0.941. The molecule has 2 aromatic rings. The quantitative estimate of drug-likeness (QED) is 0.456. The lowest BCUT2D eigenvalue weighted by atomic mass is 9.98. The molecule has 1 aromatic carbocycles. The van der Waals surface area contributed by atoms with Crippen LogP contribution >= 0.6 is 0 Å². The molecule has 3 aliphatic heterocycles. The van der Waals surface area contributed by atoms with E-state index in [1.54, 1.807) is 0 Å². The fraction of sp³-hybridized carbons (Fsp3) is 0.312. The van der Waals surface area contributed by atoms with Gasteiger partial charge in [-0.1, -0.05) is 13.8 Å². The standard InChI is InChI=1S/C32H37N5/c1-9-23-24(10-2)28-14-26-20(6)22(8)32(36-26)16-34-30-12-18(4)17(3)11-29(30)33-15-31-21(7)19(5)25(35-31)13-27(23)37-28/h11-16,33-35H,9-10H2,1-8H3. The third-order valence-electron chi connectivity index (χ3n) is 8.07. The highest BCUT2D eigenvalue weighted by atomic mass is 15.0. The van der Waals surface area contributed by atoms with Crippen molar-refractivity contribution in [3.63, 3.8) is 0 Å². The maximum absolute atomic E-state index is 5.14. The number of anilines is 2. The van der Waals surface area contributed by atoms with E-state index in [1.165, 1.54) is 44.5 Å². The van der Waals surface area contributed by atoms with Crippen molar-refractivity contribution in [3.8, 4) is 0 Å². The van der Waals surface area contributed by atoms with Gasteiger partial charge in [0.05, 0.1) is 39.5 Å². The lowest BCUT2D eigenvalue weighted by molar-refractivity contribution is 1.05. The number of hydrogen-bond acceptors (Lipinski definition) is 4. The zero-order valence-corrected chi connectivity index (χ0v) is 23.3. The third-order valence-corrected chi connectivity index (χ3v) is 8.07. The number of hydrogen-bond donors (Lipinski definition) is 3.